The van der Waals surface area contributed by atoms with Crippen molar-refractivity contribution in [2.24, 2.45) is 0 Å². The van der Waals surface area contributed by atoms with Gasteiger partial charge in [-0.15, -0.1) is 0 Å². The van der Waals surface area contributed by atoms with Crippen molar-refractivity contribution in [2.75, 3.05) is 13.2 Å². The number of fused-ring (bicyclic) bond motifs is 1. The molecule has 0 unspecified atom stereocenters. The van der Waals surface area contributed by atoms with Crippen LogP contribution in [0.25, 0.3) is 11.0 Å². The van der Waals surface area contributed by atoms with Gasteiger partial charge in [-0.3, -0.25) is 4.79 Å². The second-order valence-electron chi connectivity index (χ2n) is 8.30. The number of carbonyl (C=O) groups excluding carboxylic acids is 1. The van der Waals surface area contributed by atoms with Gasteiger partial charge in [0, 0.05) is 13.0 Å². The van der Waals surface area contributed by atoms with Crippen LogP contribution in [0.4, 0.5) is 0 Å². The molecule has 2 aromatic carbocycles. The average molecular weight is 380 g/mol. The van der Waals surface area contributed by atoms with Crippen LogP contribution in [0.2, 0.25) is 0 Å². The van der Waals surface area contributed by atoms with E-state index < -0.39 is 0 Å². The summed E-state index contributed by atoms with van der Waals surface area (Å²) in [5, 5.41) is 2.88. The van der Waals surface area contributed by atoms with Crippen molar-refractivity contribution in [3.63, 3.8) is 0 Å². The van der Waals surface area contributed by atoms with Crippen LogP contribution in [0, 0.1) is 13.8 Å². The summed E-state index contributed by atoms with van der Waals surface area (Å²) >= 11 is 0. The number of hydrogen-bond acceptors (Lipinski definition) is 3. The summed E-state index contributed by atoms with van der Waals surface area (Å²) in [5.74, 6) is 1.45. The maximum absolute atomic E-state index is 12.0. The lowest BCUT2D eigenvalue weighted by Crippen LogP contribution is -2.30. The number of amides is 1. The fraction of sp³-hybridized carbons (Fsp3) is 0.391. The van der Waals surface area contributed by atoms with Crippen molar-refractivity contribution in [2.45, 2.75) is 46.5 Å². The molecule has 148 valence electrons. The van der Waals surface area contributed by atoms with E-state index in [2.05, 4.69) is 48.2 Å². The molecule has 0 spiro atoms. The minimum atomic E-state index is -0.135. The monoisotopic (exact) mass is 379 g/mol. The summed E-state index contributed by atoms with van der Waals surface area (Å²) in [4.78, 5) is 20.0. The van der Waals surface area contributed by atoms with E-state index in [1.54, 1.807) is 0 Å². The van der Waals surface area contributed by atoms with E-state index in [-0.39, 0.29) is 17.9 Å². The summed E-state index contributed by atoms with van der Waals surface area (Å²) in [6.07, 6.45) is 0.648. The molecule has 0 fully saturated rings. The van der Waals surface area contributed by atoms with Gasteiger partial charge in [-0.2, -0.15) is 0 Å². The molecule has 1 heterocycles. The molecule has 28 heavy (non-hydrogen) atoms. The predicted octanol–water partition coefficient (Wildman–Crippen LogP) is 4.21. The van der Waals surface area contributed by atoms with Crippen molar-refractivity contribution >= 4 is 16.9 Å². The van der Waals surface area contributed by atoms with Gasteiger partial charge in [0.15, 0.2) is 6.61 Å². The zero-order chi connectivity index (χ0) is 20.3. The van der Waals surface area contributed by atoms with Crippen molar-refractivity contribution in [1.29, 1.82) is 0 Å². The standard InChI is InChI=1S/C23H29N3O2/c1-15-6-8-18(12-16(15)2)28-14-22(27)24-11-10-21-25-19-9-7-17(23(3,4)5)13-20(19)26-21/h6-9,12-13H,10-11,14H2,1-5H3,(H,24,27)(H,25,26). The Morgan fingerprint density at radius 1 is 1.11 bits per heavy atom. The Morgan fingerprint density at radius 3 is 2.61 bits per heavy atom. The molecule has 5 nitrogen and oxygen atoms in total. The molecule has 5 heteroatoms. The fourth-order valence-corrected chi connectivity index (χ4v) is 2.97. The Bertz CT molecular complexity index is 983. The van der Waals surface area contributed by atoms with Crippen molar-refractivity contribution in [3.05, 3.63) is 58.9 Å². The lowest BCUT2D eigenvalue weighted by Gasteiger charge is -2.18. The third-order valence-electron chi connectivity index (χ3n) is 4.93. The molecular formula is C23H29N3O2. The average Bonchev–Trinajstić information content (AvgIpc) is 3.04. The number of rotatable bonds is 6. The van der Waals surface area contributed by atoms with Crippen LogP contribution in [0.1, 0.15) is 43.3 Å². The van der Waals surface area contributed by atoms with Crippen LogP contribution in [0.5, 0.6) is 5.75 Å². The highest BCUT2D eigenvalue weighted by atomic mass is 16.5. The topological polar surface area (TPSA) is 67.0 Å². The molecule has 0 saturated heterocycles. The normalized spacial score (nSPS) is 11.6. The lowest BCUT2D eigenvalue weighted by molar-refractivity contribution is -0.123. The predicted molar refractivity (Wildman–Crippen MR) is 113 cm³/mol. The highest BCUT2D eigenvalue weighted by Gasteiger charge is 2.15. The Kier molecular flexibility index (Phi) is 5.73. The smallest absolute Gasteiger partial charge is 0.257 e. The molecule has 0 aliphatic heterocycles. The molecule has 3 aromatic rings. The van der Waals surface area contributed by atoms with Gasteiger partial charge >= 0.3 is 0 Å². The van der Waals surface area contributed by atoms with Crippen LogP contribution in [-0.4, -0.2) is 29.0 Å². The Labute approximate surface area is 166 Å². The first-order valence-electron chi connectivity index (χ1n) is 9.68. The number of imidazole rings is 1. The number of aromatic nitrogens is 2. The molecule has 0 bridgehead atoms. The molecule has 0 saturated carbocycles. The molecule has 2 N–H and O–H groups in total. The van der Waals surface area contributed by atoms with Gasteiger partial charge in [0.2, 0.25) is 0 Å². The van der Waals surface area contributed by atoms with E-state index in [9.17, 15) is 4.79 Å². The Hall–Kier alpha value is -2.82. The summed E-state index contributed by atoms with van der Waals surface area (Å²) in [6, 6.07) is 12.2. The van der Waals surface area contributed by atoms with Crippen LogP contribution in [-0.2, 0) is 16.6 Å². The van der Waals surface area contributed by atoms with Crippen LogP contribution in [0.3, 0.4) is 0 Å². The van der Waals surface area contributed by atoms with E-state index in [4.69, 9.17) is 4.74 Å². The summed E-state index contributed by atoms with van der Waals surface area (Å²) in [6.45, 7) is 11.2. The van der Waals surface area contributed by atoms with Gasteiger partial charge < -0.3 is 15.0 Å². The number of nitrogens with one attached hydrogen (secondary N) is 2. The first-order valence-corrected chi connectivity index (χ1v) is 9.68. The quantitative estimate of drug-likeness (QED) is 0.674. The van der Waals surface area contributed by atoms with Gasteiger partial charge in [0.05, 0.1) is 11.0 Å². The van der Waals surface area contributed by atoms with E-state index >= 15 is 0 Å². The van der Waals surface area contributed by atoms with E-state index in [0.29, 0.717) is 18.7 Å². The second-order valence-corrected chi connectivity index (χ2v) is 8.30. The minimum Gasteiger partial charge on any atom is -0.484 e. The van der Waals surface area contributed by atoms with Crippen molar-refractivity contribution in [1.82, 2.24) is 15.3 Å². The lowest BCUT2D eigenvalue weighted by atomic mass is 9.87. The van der Waals surface area contributed by atoms with Gasteiger partial charge in [-0.1, -0.05) is 32.9 Å². The minimum absolute atomic E-state index is 0.0115. The zero-order valence-corrected chi connectivity index (χ0v) is 17.3. The van der Waals surface area contributed by atoms with E-state index in [0.717, 1.165) is 22.4 Å². The fourth-order valence-electron chi connectivity index (χ4n) is 2.97. The third-order valence-corrected chi connectivity index (χ3v) is 4.93. The van der Waals surface area contributed by atoms with Crippen LogP contribution in [0.15, 0.2) is 36.4 Å². The van der Waals surface area contributed by atoms with Crippen molar-refractivity contribution < 1.29 is 9.53 Å². The number of aryl methyl sites for hydroxylation is 2. The largest absolute Gasteiger partial charge is 0.484 e. The third kappa shape index (κ3) is 4.91. The van der Waals surface area contributed by atoms with E-state index in [1.165, 1.54) is 11.1 Å². The molecule has 0 aliphatic rings. The summed E-state index contributed by atoms with van der Waals surface area (Å²) < 4.78 is 5.56. The number of aromatic amines is 1. The molecule has 0 atom stereocenters. The highest BCUT2D eigenvalue weighted by Crippen LogP contribution is 2.25. The summed E-state index contributed by atoms with van der Waals surface area (Å²) in [7, 11) is 0. The number of nitrogens with zero attached hydrogens (tertiary/aromatic N) is 1. The number of carbonyl (C=O) groups is 1. The van der Waals surface area contributed by atoms with Crippen molar-refractivity contribution in [3.8, 4) is 5.75 Å². The van der Waals surface area contributed by atoms with Gasteiger partial charge in [0.25, 0.3) is 5.91 Å². The number of hydrogen-bond donors (Lipinski definition) is 2. The first-order chi connectivity index (χ1) is 13.2. The van der Waals surface area contributed by atoms with E-state index in [1.807, 2.05) is 38.1 Å². The van der Waals surface area contributed by atoms with Gasteiger partial charge in [0.1, 0.15) is 11.6 Å². The summed E-state index contributed by atoms with van der Waals surface area (Å²) in [5.41, 5.74) is 5.71. The maximum Gasteiger partial charge on any atom is 0.257 e. The molecule has 0 aliphatic carbocycles. The van der Waals surface area contributed by atoms with Crippen LogP contribution >= 0.6 is 0 Å². The van der Waals surface area contributed by atoms with Crippen LogP contribution < -0.4 is 10.1 Å². The number of ether oxygens (including phenoxy) is 1. The maximum atomic E-state index is 12.0. The van der Waals surface area contributed by atoms with Gasteiger partial charge in [-0.25, -0.2) is 4.98 Å². The molecular weight excluding hydrogens is 350 g/mol. The number of benzene rings is 2. The molecule has 1 amide bonds. The van der Waals surface area contributed by atoms with Gasteiger partial charge in [-0.05, 0) is 60.2 Å². The Morgan fingerprint density at radius 2 is 1.89 bits per heavy atom. The molecule has 0 radical (unpaired) electrons. The first kappa shape index (κ1) is 19.9. The zero-order valence-electron chi connectivity index (χ0n) is 17.3. The molecule has 3 rings (SSSR count). The molecule has 1 aromatic heterocycles. The Balaban J connectivity index is 1.50. The highest BCUT2D eigenvalue weighted by molar-refractivity contribution is 5.78. The SMILES string of the molecule is Cc1ccc(OCC(=O)NCCc2nc3ccc(C(C)(C)C)cc3[nH]2)cc1C. The second kappa shape index (κ2) is 8.05. The number of H-pyrrole nitrogens is 1.